The molecule has 1 unspecified atom stereocenters. The van der Waals surface area contributed by atoms with Gasteiger partial charge in [-0.2, -0.15) is 0 Å². The summed E-state index contributed by atoms with van der Waals surface area (Å²) in [5.74, 6) is -1.35. The SMILES string of the molecule is O=C(CCC(=O)NCCNc1ccc(O)c2c1C(=O)c1ccccc1C2=O)NCCCCC(CN=Cc1ccccc1O)N=Cc1ccccc1O.[Cu]. The number of carbonyl (C=O) groups excluding carboxylic acids is 4. The van der Waals surface area contributed by atoms with Crippen molar-refractivity contribution < 1.29 is 51.6 Å². The van der Waals surface area contributed by atoms with Crippen LogP contribution >= 0.6 is 0 Å². The Hall–Kier alpha value is -5.78. The monoisotopic (exact) mass is 766 g/mol. The van der Waals surface area contributed by atoms with Gasteiger partial charge in [0.15, 0.2) is 11.6 Å². The minimum Gasteiger partial charge on any atom is -0.507 e. The minimum absolute atomic E-state index is 0. The minimum atomic E-state index is -0.427. The number of carbonyl (C=O) groups is 4. The summed E-state index contributed by atoms with van der Waals surface area (Å²) in [6.07, 6.45) is 5.38. The predicted octanol–water partition coefficient (Wildman–Crippen LogP) is 4.78. The van der Waals surface area contributed by atoms with Crippen LogP contribution in [0.5, 0.6) is 17.2 Å². The third-order valence-corrected chi connectivity index (χ3v) is 8.53. The summed E-state index contributed by atoms with van der Waals surface area (Å²) < 4.78 is 0. The maximum absolute atomic E-state index is 13.2. The van der Waals surface area contributed by atoms with E-state index in [2.05, 4.69) is 25.9 Å². The molecular weight excluding hydrogens is 726 g/mol. The summed E-state index contributed by atoms with van der Waals surface area (Å²) in [6, 6.07) is 23.0. The van der Waals surface area contributed by atoms with Crippen LogP contribution in [0.3, 0.4) is 0 Å². The maximum atomic E-state index is 13.2. The number of anilines is 1. The Kier molecular flexibility index (Phi) is 14.9. The van der Waals surface area contributed by atoms with Crippen LogP contribution < -0.4 is 16.0 Å². The molecule has 0 aliphatic heterocycles. The molecule has 12 nitrogen and oxygen atoms in total. The van der Waals surface area contributed by atoms with Gasteiger partial charge in [0, 0.05) is 89.9 Å². The van der Waals surface area contributed by atoms with Crippen LogP contribution in [0, 0.1) is 0 Å². The Morgan fingerprint density at radius 1 is 0.642 bits per heavy atom. The number of nitrogens with zero attached hydrogens (tertiary/aromatic N) is 2. The van der Waals surface area contributed by atoms with E-state index in [0.717, 1.165) is 6.42 Å². The van der Waals surface area contributed by atoms with Crippen molar-refractivity contribution in [2.24, 2.45) is 9.98 Å². The number of aromatic hydroxyl groups is 3. The number of fused-ring (bicyclic) bond motifs is 2. The van der Waals surface area contributed by atoms with E-state index in [0.29, 0.717) is 42.7 Å². The molecule has 6 N–H and O–H groups in total. The second-order valence-corrected chi connectivity index (χ2v) is 12.3. The molecule has 4 aromatic rings. The normalized spacial score (nSPS) is 12.5. The second kappa shape index (κ2) is 19.7. The van der Waals surface area contributed by atoms with Crippen molar-refractivity contribution in [3.8, 4) is 17.2 Å². The summed E-state index contributed by atoms with van der Waals surface area (Å²) in [4.78, 5) is 60.1. The van der Waals surface area contributed by atoms with Gasteiger partial charge in [-0.05, 0) is 55.7 Å². The van der Waals surface area contributed by atoms with Gasteiger partial charge in [0.05, 0.1) is 23.7 Å². The molecule has 0 spiro atoms. The molecule has 2 amide bonds. The second-order valence-electron chi connectivity index (χ2n) is 12.3. The van der Waals surface area contributed by atoms with E-state index in [1.807, 2.05) is 12.1 Å². The van der Waals surface area contributed by atoms with Gasteiger partial charge in [0.1, 0.15) is 17.2 Å². The van der Waals surface area contributed by atoms with Crippen LogP contribution in [0.15, 0.2) is 94.9 Å². The Balaban J connectivity index is 0.00000627. The third-order valence-electron chi connectivity index (χ3n) is 8.53. The molecular formula is C40H41CuN5O7. The maximum Gasteiger partial charge on any atom is 0.220 e. The number of hydrogen-bond acceptors (Lipinski definition) is 10. The molecule has 0 saturated carbocycles. The number of ketones is 2. The molecule has 5 rings (SSSR count). The number of aliphatic imine (C=N–C) groups is 2. The van der Waals surface area contributed by atoms with E-state index < -0.39 is 5.78 Å². The molecule has 1 radical (unpaired) electrons. The third kappa shape index (κ3) is 10.9. The van der Waals surface area contributed by atoms with Crippen molar-refractivity contribution in [2.45, 2.75) is 38.1 Å². The molecule has 4 aromatic carbocycles. The van der Waals surface area contributed by atoms with Gasteiger partial charge >= 0.3 is 0 Å². The number of benzene rings is 4. The molecule has 0 heterocycles. The fraction of sp³-hybridized carbons (Fsp3) is 0.250. The summed E-state index contributed by atoms with van der Waals surface area (Å²) in [5, 5.41) is 39.1. The van der Waals surface area contributed by atoms with E-state index in [4.69, 9.17) is 0 Å². The fourth-order valence-electron chi connectivity index (χ4n) is 5.75. The number of phenols is 3. The number of rotatable bonds is 17. The van der Waals surface area contributed by atoms with E-state index in [1.54, 1.807) is 73.1 Å². The Morgan fingerprint density at radius 3 is 1.85 bits per heavy atom. The average molecular weight is 767 g/mol. The predicted molar refractivity (Wildman–Crippen MR) is 199 cm³/mol. The smallest absolute Gasteiger partial charge is 0.220 e. The van der Waals surface area contributed by atoms with Crippen molar-refractivity contribution in [3.05, 3.63) is 118 Å². The largest absolute Gasteiger partial charge is 0.507 e. The fourth-order valence-corrected chi connectivity index (χ4v) is 5.75. The molecule has 1 atom stereocenters. The zero-order valence-electron chi connectivity index (χ0n) is 28.8. The van der Waals surface area contributed by atoms with Crippen LogP contribution in [0.4, 0.5) is 5.69 Å². The first kappa shape index (κ1) is 40.0. The first-order valence-corrected chi connectivity index (χ1v) is 17.1. The van der Waals surface area contributed by atoms with Crippen LogP contribution in [0.25, 0.3) is 0 Å². The summed E-state index contributed by atoms with van der Waals surface area (Å²) in [6.45, 7) is 1.26. The molecule has 0 bridgehead atoms. The summed E-state index contributed by atoms with van der Waals surface area (Å²) >= 11 is 0. The van der Waals surface area contributed by atoms with E-state index in [9.17, 15) is 34.5 Å². The Labute approximate surface area is 318 Å². The summed E-state index contributed by atoms with van der Waals surface area (Å²) in [7, 11) is 0. The molecule has 0 saturated heterocycles. The topological polar surface area (TPSA) is 190 Å². The quantitative estimate of drug-likeness (QED) is 0.0338. The van der Waals surface area contributed by atoms with Crippen LogP contribution in [0.2, 0.25) is 0 Å². The standard InChI is InChI=1S/C40H41N5O7.Cu/c46-32-14-5-1-9-26(32)23-41-25-28(45-24-27-10-2-6-15-33(27)47)11-7-8-20-43-35(49)18-19-36(50)44-22-21-42-31-16-17-34(48)38-37(31)39(51)29-12-3-4-13-30(29)40(38)52;/h1-6,9-10,12-17,23-24,28,42,46-48H,7-8,11,18-22,25H2,(H,43,49)(H,44,50);. The van der Waals surface area contributed by atoms with Gasteiger partial charge in [0.2, 0.25) is 11.8 Å². The Bertz CT molecular complexity index is 2000. The molecule has 13 heteroatoms. The average Bonchev–Trinajstić information content (AvgIpc) is 3.15. The van der Waals surface area contributed by atoms with Crippen molar-refractivity contribution in [2.75, 3.05) is 31.5 Å². The number of nitrogens with one attached hydrogen (secondary N) is 3. The van der Waals surface area contributed by atoms with Gasteiger partial charge in [-0.25, -0.2) is 0 Å². The Morgan fingerprint density at radius 2 is 1.21 bits per heavy atom. The van der Waals surface area contributed by atoms with E-state index >= 15 is 0 Å². The molecule has 1 aliphatic carbocycles. The number of amides is 2. The van der Waals surface area contributed by atoms with Gasteiger partial charge in [-0.15, -0.1) is 0 Å². The number of para-hydroxylation sites is 2. The number of hydrogen-bond donors (Lipinski definition) is 6. The molecule has 0 aromatic heterocycles. The zero-order valence-corrected chi connectivity index (χ0v) is 29.8. The van der Waals surface area contributed by atoms with Crippen molar-refractivity contribution in [3.63, 3.8) is 0 Å². The molecule has 1 aliphatic rings. The van der Waals surface area contributed by atoms with Crippen LogP contribution in [-0.2, 0) is 26.7 Å². The molecule has 53 heavy (non-hydrogen) atoms. The van der Waals surface area contributed by atoms with Crippen molar-refractivity contribution in [1.29, 1.82) is 0 Å². The number of phenolic OH excluding ortho intramolecular Hbond substituents is 3. The van der Waals surface area contributed by atoms with Gasteiger partial charge in [-0.3, -0.25) is 29.2 Å². The van der Waals surface area contributed by atoms with Gasteiger partial charge < -0.3 is 31.3 Å². The zero-order chi connectivity index (χ0) is 36.9. The van der Waals surface area contributed by atoms with E-state index in [1.165, 1.54) is 12.1 Å². The van der Waals surface area contributed by atoms with Gasteiger partial charge in [-0.1, -0.05) is 48.5 Å². The summed E-state index contributed by atoms with van der Waals surface area (Å²) in [5.41, 5.74) is 2.15. The van der Waals surface area contributed by atoms with Crippen LogP contribution in [0.1, 0.15) is 75.1 Å². The number of unbranched alkanes of at least 4 members (excludes halogenated alkanes) is 1. The molecule has 0 fully saturated rings. The van der Waals surface area contributed by atoms with Crippen molar-refractivity contribution >= 4 is 41.5 Å². The first-order chi connectivity index (χ1) is 25.2. The van der Waals surface area contributed by atoms with E-state index in [-0.39, 0.29) is 106 Å². The van der Waals surface area contributed by atoms with Crippen LogP contribution in [-0.4, -0.2) is 83.4 Å². The first-order valence-electron chi connectivity index (χ1n) is 17.1. The molecule has 279 valence electrons. The van der Waals surface area contributed by atoms with Crippen molar-refractivity contribution in [1.82, 2.24) is 10.6 Å². The van der Waals surface area contributed by atoms with Gasteiger partial charge in [0.25, 0.3) is 0 Å².